The van der Waals surface area contributed by atoms with Crippen LogP contribution in [0.2, 0.25) is 0 Å². The van der Waals surface area contributed by atoms with Crippen molar-refractivity contribution in [2.45, 2.75) is 32.2 Å². The molecule has 142 valence electrons. The Morgan fingerprint density at radius 2 is 1.54 bits per heavy atom. The SMILES string of the molecule is CCc1cccc([Si]C2c3[c-]cccc3-c3ccccc32)c1CC.[Cl-].[Cl-].[Cl-].[Ti+4]. The van der Waals surface area contributed by atoms with Gasteiger partial charge in [-0.15, -0.1) is 11.1 Å². The molecule has 0 aliphatic heterocycles. The van der Waals surface area contributed by atoms with Crippen molar-refractivity contribution in [3.63, 3.8) is 0 Å². The summed E-state index contributed by atoms with van der Waals surface area (Å²) in [5.74, 6) is 0. The van der Waals surface area contributed by atoms with Crippen LogP contribution in [0.1, 0.15) is 41.6 Å². The third-order valence-electron chi connectivity index (χ3n) is 5.05. The molecule has 5 heteroatoms. The molecule has 0 saturated carbocycles. The van der Waals surface area contributed by atoms with Gasteiger partial charge in [0.25, 0.3) is 0 Å². The van der Waals surface area contributed by atoms with Gasteiger partial charge in [0, 0.05) is 0 Å². The molecule has 0 spiro atoms. The van der Waals surface area contributed by atoms with Crippen molar-refractivity contribution < 1.29 is 58.9 Å². The number of aryl methyl sites for hydroxylation is 1. The minimum Gasteiger partial charge on any atom is -1.00 e. The van der Waals surface area contributed by atoms with E-state index >= 15 is 0 Å². The first-order valence-electron chi connectivity index (χ1n) is 8.80. The van der Waals surface area contributed by atoms with Gasteiger partial charge in [-0.05, 0) is 35.1 Å². The Morgan fingerprint density at radius 3 is 2.25 bits per heavy atom. The van der Waals surface area contributed by atoms with E-state index in [-0.39, 0.29) is 58.9 Å². The standard InChI is InChI=1S/C23H21Si.3ClH.Ti/c1-3-16-10-9-15-22(17(16)4-2)24-23-20-13-7-5-11-18(20)19-12-6-8-14-21(19)23;;;;/h5-13,15,23H,3-4H2,1-2H3;3*1H;/q-1;;;;+4/p-3. The Morgan fingerprint density at radius 1 is 0.821 bits per heavy atom. The molecule has 0 fully saturated rings. The van der Waals surface area contributed by atoms with Crippen molar-refractivity contribution in [3.8, 4) is 11.1 Å². The molecule has 0 N–H and O–H groups in total. The normalized spacial score (nSPS) is 13.0. The van der Waals surface area contributed by atoms with E-state index in [4.69, 9.17) is 0 Å². The zero-order valence-electron chi connectivity index (χ0n) is 15.9. The van der Waals surface area contributed by atoms with Crippen LogP contribution in [0.4, 0.5) is 0 Å². The predicted molar refractivity (Wildman–Crippen MR) is 103 cm³/mol. The van der Waals surface area contributed by atoms with Crippen molar-refractivity contribution in [1.29, 1.82) is 0 Å². The average molecular weight is 480 g/mol. The summed E-state index contributed by atoms with van der Waals surface area (Å²) in [5.41, 5.74) is 9.13. The molecular formula is C23H21Cl3SiTi. The summed E-state index contributed by atoms with van der Waals surface area (Å²) in [6.45, 7) is 4.54. The second-order valence-electron chi connectivity index (χ2n) is 6.31. The number of hydrogen-bond acceptors (Lipinski definition) is 0. The quantitative estimate of drug-likeness (QED) is 0.263. The van der Waals surface area contributed by atoms with Gasteiger partial charge in [0.15, 0.2) is 0 Å². The van der Waals surface area contributed by atoms with Crippen LogP contribution in [0.15, 0.2) is 60.7 Å². The monoisotopic (exact) mass is 478 g/mol. The zero-order chi connectivity index (χ0) is 16.5. The van der Waals surface area contributed by atoms with Gasteiger partial charge in [0.1, 0.15) is 0 Å². The van der Waals surface area contributed by atoms with Gasteiger partial charge < -0.3 is 37.2 Å². The van der Waals surface area contributed by atoms with Crippen molar-refractivity contribution >= 4 is 14.7 Å². The van der Waals surface area contributed by atoms with Gasteiger partial charge in [0.2, 0.25) is 0 Å². The van der Waals surface area contributed by atoms with Crippen LogP contribution >= 0.6 is 0 Å². The molecule has 1 aliphatic rings. The van der Waals surface area contributed by atoms with Crippen molar-refractivity contribution in [3.05, 3.63) is 89.0 Å². The number of fused-ring (bicyclic) bond motifs is 3. The number of halogens is 3. The fourth-order valence-corrected chi connectivity index (χ4v) is 5.70. The van der Waals surface area contributed by atoms with Crippen LogP contribution in [-0.2, 0) is 34.6 Å². The van der Waals surface area contributed by atoms with E-state index < -0.39 is 0 Å². The molecule has 1 unspecified atom stereocenters. The van der Waals surface area contributed by atoms with Crippen LogP contribution in [0, 0.1) is 6.07 Å². The second kappa shape index (κ2) is 12.2. The molecular weight excluding hydrogens is 459 g/mol. The molecule has 0 aromatic heterocycles. The van der Waals surface area contributed by atoms with Gasteiger partial charge in [-0.2, -0.15) is 24.3 Å². The van der Waals surface area contributed by atoms with Crippen LogP contribution in [0.3, 0.4) is 0 Å². The third-order valence-corrected chi connectivity index (χ3v) is 6.71. The Hall–Kier alpha value is -0.539. The number of hydrogen-bond donors (Lipinski definition) is 0. The van der Waals surface area contributed by atoms with E-state index in [2.05, 4.69) is 80.6 Å². The minimum atomic E-state index is 0. The van der Waals surface area contributed by atoms with Gasteiger partial charge in [-0.1, -0.05) is 67.1 Å². The maximum Gasteiger partial charge on any atom is 4.00 e. The first-order chi connectivity index (χ1) is 11.8. The Bertz CT molecular complexity index is 853. The van der Waals surface area contributed by atoms with E-state index in [1.54, 1.807) is 5.56 Å². The number of rotatable bonds is 4. The summed E-state index contributed by atoms with van der Waals surface area (Å²) in [6.07, 6.45) is 2.23. The van der Waals surface area contributed by atoms with Crippen LogP contribution in [0.25, 0.3) is 11.1 Å². The number of benzene rings is 3. The molecule has 2 radical (unpaired) electrons. The third kappa shape index (κ3) is 4.95. The van der Waals surface area contributed by atoms with E-state index in [0.29, 0.717) is 5.54 Å². The summed E-state index contributed by atoms with van der Waals surface area (Å²) >= 11 is 0. The maximum absolute atomic E-state index is 3.54. The largest absolute Gasteiger partial charge is 4.00 e. The molecule has 28 heavy (non-hydrogen) atoms. The molecule has 0 heterocycles. The van der Waals surface area contributed by atoms with Gasteiger partial charge in [0.05, 0.1) is 9.52 Å². The fourth-order valence-electron chi connectivity index (χ4n) is 3.90. The molecule has 1 aliphatic carbocycles. The van der Waals surface area contributed by atoms with Crippen LogP contribution < -0.4 is 42.4 Å². The van der Waals surface area contributed by atoms with Crippen molar-refractivity contribution in [2.75, 3.05) is 0 Å². The zero-order valence-corrected chi connectivity index (χ0v) is 20.7. The first kappa shape index (κ1) is 27.5. The summed E-state index contributed by atoms with van der Waals surface area (Å²) in [6, 6.07) is 25.7. The Labute approximate surface area is 204 Å². The molecule has 4 rings (SSSR count). The van der Waals surface area contributed by atoms with E-state index in [1.807, 2.05) is 0 Å². The van der Waals surface area contributed by atoms with Crippen LogP contribution in [-0.4, -0.2) is 9.52 Å². The topological polar surface area (TPSA) is 0 Å². The minimum absolute atomic E-state index is 0. The fraction of sp³-hybridized carbons (Fsp3) is 0.217. The maximum atomic E-state index is 3.54. The first-order valence-corrected chi connectivity index (χ1v) is 9.88. The Balaban J connectivity index is 0.00000182. The van der Waals surface area contributed by atoms with Gasteiger partial charge >= 0.3 is 21.7 Å². The molecule has 0 saturated heterocycles. The van der Waals surface area contributed by atoms with Gasteiger partial charge in [-0.3, -0.25) is 0 Å². The predicted octanol–water partition coefficient (Wildman–Crippen LogP) is -4.28. The molecule has 0 bridgehead atoms. The molecule has 1 atom stereocenters. The molecule has 0 amide bonds. The summed E-state index contributed by atoms with van der Waals surface area (Å²) in [4.78, 5) is 0. The van der Waals surface area contributed by atoms with E-state index in [0.717, 1.165) is 22.4 Å². The summed E-state index contributed by atoms with van der Waals surface area (Å²) in [5, 5.41) is 1.53. The molecule has 3 aromatic carbocycles. The van der Waals surface area contributed by atoms with E-state index in [1.165, 1.54) is 33.0 Å². The average Bonchev–Trinajstić information content (AvgIpc) is 2.96. The molecule has 0 nitrogen and oxygen atoms in total. The second-order valence-corrected chi connectivity index (χ2v) is 7.72. The summed E-state index contributed by atoms with van der Waals surface area (Å²) in [7, 11) is 0.766. The van der Waals surface area contributed by atoms with E-state index in [9.17, 15) is 0 Å². The van der Waals surface area contributed by atoms with Gasteiger partial charge in [-0.25, -0.2) is 0 Å². The molecule has 3 aromatic rings. The van der Waals surface area contributed by atoms with Crippen molar-refractivity contribution in [1.82, 2.24) is 0 Å². The summed E-state index contributed by atoms with van der Waals surface area (Å²) < 4.78 is 0. The smallest absolute Gasteiger partial charge is 1.00 e. The van der Waals surface area contributed by atoms with Crippen LogP contribution in [0.5, 0.6) is 0 Å². The Kier molecular flexibility index (Phi) is 12.0. The van der Waals surface area contributed by atoms with Crippen molar-refractivity contribution in [2.24, 2.45) is 0 Å².